The van der Waals surface area contributed by atoms with Gasteiger partial charge in [-0.05, 0) is 117 Å². The number of thiophene rings is 2. The topological polar surface area (TPSA) is 82.8 Å². The normalized spacial score (nSPS) is 14.9. The van der Waals surface area contributed by atoms with Crippen LogP contribution in [-0.2, 0) is 22.0 Å². The van der Waals surface area contributed by atoms with Gasteiger partial charge in [0.15, 0.2) is 11.5 Å². The number of benzene rings is 5. The zero-order chi connectivity index (χ0) is 44.3. The van der Waals surface area contributed by atoms with Crippen molar-refractivity contribution in [2.24, 2.45) is 0 Å². The van der Waals surface area contributed by atoms with Gasteiger partial charge < -0.3 is 19.5 Å². The van der Waals surface area contributed by atoms with Gasteiger partial charge in [0.25, 0.3) is 0 Å². The molecule has 0 amide bonds. The van der Waals surface area contributed by atoms with Gasteiger partial charge in [0.05, 0.1) is 9.75 Å². The average molecular weight is 879 g/mol. The molecule has 0 saturated heterocycles. The maximum atomic E-state index is 11.8. The van der Waals surface area contributed by atoms with E-state index in [1.165, 1.54) is 85.2 Å². The van der Waals surface area contributed by atoms with E-state index in [9.17, 15) is 15.2 Å². The van der Waals surface area contributed by atoms with E-state index in [0.717, 1.165) is 51.6 Å². The van der Waals surface area contributed by atoms with Gasteiger partial charge in [-0.3, -0.25) is 0 Å². The molecule has 0 fully saturated rings. The van der Waals surface area contributed by atoms with Crippen LogP contribution >= 0.6 is 22.7 Å². The van der Waals surface area contributed by atoms with Crippen LogP contribution in [-0.4, -0.2) is 24.3 Å². The molecule has 0 saturated carbocycles. The number of aliphatic carboxylic acids is 1. The Morgan fingerprint density at radius 1 is 0.688 bits per heavy atom. The summed E-state index contributed by atoms with van der Waals surface area (Å²) in [5.74, 6) is -0.154. The van der Waals surface area contributed by atoms with E-state index in [4.69, 9.17) is 9.47 Å². The van der Waals surface area contributed by atoms with Crippen LogP contribution in [0.3, 0.4) is 0 Å². The lowest BCUT2D eigenvalue weighted by atomic mass is 9.82. The number of carbonyl (C=O) groups is 1. The molecule has 64 heavy (non-hydrogen) atoms. The van der Waals surface area contributed by atoms with Crippen LogP contribution in [0.25, 0.3) is 48.5 Å². The summed E-state index contributed by atoms with van der Waals surface area (Å²) in [4.78, 5) is 18.0. The molecule has 0 radical (unpaired) electrons. The van der Waals surface area contributed by atoms with Crippen LogP contribution in [0.2, 0.25) is 0 Å². The largest absolute Gasteiger partial charge is 0.485 e. The molecule has 5 aromatic carbocycles. The van der Waals surface area contributed by atoms with E-state index >= 15 is 0 Å². The number of carboxylic acids is 1. The van der Waals surface area contributed by atoms with E-state index in [-0.39, 0.29) is 16.4 Å². The number of hydrogen-bond acceptors (Lipinski definition) is 7. The zero-order valence-corrected chi connectivity index (χ0v) is 38.5. The Labute approximate surface area is 383 Å². The van der Waals surface area contributed by atoms with Crippen molar-refractivity contribution in [3.05, 3.63) is 154 Å². The first-order valence-corrected chi connectivity index (χ1v) is 23.9. The molecular formula is C56H50N2O4S2. The first kappa shape index (κ1) is 41.6. The summed E-state index contributed by atoms with van der Waals surface area (Å²) in [5, 5.41) is 19.2. The molecule has 8 heteroatoms. The van der Waals surface area contributed by atoms with Gasteiger partial charge in [0.2, 0.25) is 0 Å². The molecule has 0 spiro atoms. The summed E-state index contributed by atoms with van der Waals surface area (Å²) >= 11 is 3.14. The van der Waals surface area contributed by atoms with Crippen molar-refractivity contribution in [2.45, 2.75) is 77.6 Å². The Kier molecular flexibility index (Phi) is 10.6. The van der Waals surface area contributed by atoms with E-state index in [2.05, 4.69) is 155 Å². The second-order valence-electron chi connectivity index (χ2n) is 18.1. The summed E-state index contributed by atoms with van der Waals surface area (Å²) in [7, 11) is 0. The maximum Gasteiger partial charge on any atom is 0.346 e. The molecule has 1 aliphatic heterocycles. The Morgan fingerprint density at radius 2 is 1.25 bits per heavy atom. The summed E-state index contributed by atoms with van der Waals surface area (Å²) in [6.45, 7) is 12.3. The number of aryl methyl sites for hydroxylation is 1. The predicted molar refractivity (Wildman–Crippen MR) is 263 cm³/mol. The number of nitrogens with zero attached hydrogens (tertiary/aromatic N) is 2. The number of fused-ring (bicyclic) bond motifs is 7. The van der Waals surface area contributed by atoms with E-state index in [1.54, 1.807) is 11.3 Å². The fourth-order valence-electron chi connectivity index (χ4n) is 10.1. The minimum absolute atomic E-state index is 0.145. The van der Waals surface area contributed by atoms with Crippen LogP contribution in [0.5, 0.6) is 11.5 Å². The molecule has 3 aliphatic rings. The molecule has 2 aromatic heterocycles. The molecule has 1 N–H and O–H groups in total. The zero-order valence-electron chi connectivity index (χ0n) is 36.9. The van der Waals surface area contributed by atoms with Crippen molar-refractivity contribution in [1.82, 2.24) is 0 Å². The molecule has 6 nitrogen and oxygen atoms in total. The lowest BCUT2D eigenvalue weighted by Crippen LogP contribution is -2.18. The van der Waals surface area contributed by atoms with Crippen LogP contribution in [0.4, 0.5) is 17.1 Å². The highest BCUT2D eigenvalue weighted by atomic mass is 32.1. The lowest BCUT2D eigenvalue weighted by Gasteiger charge is -2.30. The molecule has 3 heterocycles. The van der Waals surface area contributed by atoms with Crippen LogP contribution in [0, 0.1) is 11.3 Å². The number of hydrogen-bond donors (Lipinski definition) is 1. The molecule has 0 bridgehead atoms. The minimum Gasteiger partial charge on any atom is -0.485 e. The second kappa shape index (κ2) is 16.3. The standard InChI is InChI=1S/C56H50N2O4S2/c1-6-7-8-9-14-35-29-49(53-51-50(61-27-28-62-51)48(63-53)30-36(33-57)54(59)60)64-52(35)34-19-21-37(22-20-34)58(38-23-25-42-40-15-10-12-17-44(40)55(2,3)46(42)31-38)39-24-26-43-41-16-11-13-18-45(41)56(4,5)47(43)32-39/h10-13,15-26,29-32H,6-9,14,27-28H2,1-5H3,(H,59,60)/b36-30+. The summed E-state index contributed by atoms with van der Waals surface area (Å²) in [5.41, 5.74) is 15.7. The number of anilines is 3. The van der Waals surface area contributed by atoms with Gasteiger partial charge in [-0.15, -0.1) is 22.7 Å². The van der Waals surface area contributed by atoms with Gasteiger partial charge in [-0.2, -0.15) is 5.26 Å². The van der Waals surface area contributed by atoms with Gasteiger partial charge in [-0.1, -0.05) is 127 Å². The van der Waals surface area contributed by atoms with Gasteiger partial charge >= 0.3 is 5.97 Å². The molecule has 320 valence electrons. The van der Waals surface area contributed by atoms with E-state index in [0.29, 0.717) is 29.6 Å². The lowest BCUT2D eigenvalue weighted by molar-refractivity contribution is -0.132. The summed E-state index contributed by atoms with van der Waals surface area (Å²) < 4.78 is 12.3. The fraction of sp³-hybridized carbons (Fsp3) is 0.250. The van der Waals surface area contributed by atoms with Crippen molar-refractivity contribution in [1.29, 1.82) is 5.26 Å². The van der Waals surface area contributed by atoms with E-state index < -0.39 is 5.97 Å². The Bertz CT molecular complexity index is 2940. The number of ether oxygens (including phenoxy) is 2. The Balaban J connectivity index is 1.08. The van der Waals surface area contributed by atoms with Crippen molar-refractivity contribution in [3.63, 3.8) is 0 Å². The van der Waals surface area contributed by atoms with Crippen molar-refractivity contribution >= 4 is 51.8 Å². The number of nitriles is 1. The molecular weight excluding hydrogens is 829 g/mol. The highest BCUT2D eigenvalue weighted by Crippen LogP contribution is 2.55. The Hall–Kier alpha value is -6.40. The van der Waals surface area contributed by atoms with Gasteiger partial charge in [0.1, 0.15) is 24.9 Å². The third-order valence-corrected chi connectivity index (χ3v) is 15.9. The maximum absolute atomic E-state index is 11.8. The number of rotatable bonds is 12. The van der Waals surface area contributed by atoms with Crippen LogP contribution in [0.1, 0.15) is 93.0 Å². The fourth-order valence-corrected chi connectivity index (χ4v) is 12.5. The highest BCUT2D eigenvalue weighted by molar-refractivity contribution is 7.24. The molecule has 2 aliphatic carbocycles. The van der Waals surface area contributed by atoms with E-state index in [1.807, 2.05) is 6.07 Å². The summed E-state index contributed by atoms with van der Waals surface area (Å²) in [6.07, 6.45) is 6.94. The quantitative estimate of drug-likeness (QED) is 0.0748. The highest BCUT2D eigenvalue weighted by Gasteiger charge is 2.38. The number of unbranched alkanes of at least 4 members (excludes halogenated alkanes) is 3. The molecule has 0 atom stereocenters. The molecule has 10 rings (SSSR count). The first-order valence-electron chi connectivity index (χ1n) is 22.3. The first-order chi connectivity index (χ1) is 31.0. The third-order valence-electron chi connectivity index (χ3n) is 13.4. The average Bonchev–Trinajstić information content (AvgIpc) is 4.02. The minimum atomic E-state index is -1.27. The van der Waals surface area contributed by atoms with Crippen LogP contribution < -0.4 is 14.4 Å². The molecule has 7 aromatic rings. The van der Waals surface area contributed by atoms with Crippen LogP contribution in [0.15, 0.2) is 121 Å². The predicted octanol–water partition coefficient (Wildman–Crippen LogP) is 15.1. The monoisotopic (exact) mass is 878 g/mol. The smallest absolute Gasteiger partial charge is 0.346 e. The third kappa shape index (κ3) is 6.93. The van der Waals surface area contributed by atoms with Gasteiger partial charge in [0, 0.05) is 37.6 Å². The second-order valence-corrected chi connectivity index (χ2v) is 20.2. The van der Waals surface area contributed by atoms with Crippen molar-refractivity contribution in [3.8, 4) is 60.0 Å². The number of carboxylic acid groups (broad SMARTS) is 1. The van der Waals surface area contributed by atoms with Crippen molar-refractivity contribution in [2.75, 3.05) is 18.1 Å². The molecule has 0 unspecified atom stereocenters. The Morgan fingerprint density at radius 3 is 1.83 bits per heavy atom. The van der Waals surface area contributed by atoms with Crippen molar-refractivity contribution < 1.29 is 19.4 Å². The summed E-state index contributed by atoms with van der Waals surface area (Å²) in [6, 6.07) is 44.8. The van der Waals surface area contributed by atoms with Gasteiger partial charge in [-0.25, -0.2) is 4.79 Å². The SMILES string of the molecule is CCCCCCc1cc(-c2sc(/C=C(\C#N)C(=O)O)c3c2OCCO3)sc1-c1ccc(N(c2ccc3c(c2)C(C)(C)c2ccccc2-3)c2ccc3c(c2)C(C)(C)c2ccccc2-3)cc1.